The van der Waals surface area contributed by atoms with Crippen molar-refractivity contribution in [1.82, 2.24) is 5.32 Å². The van der Waals surface area contributed by atoms with Crippen LogP contribution in [0.5, 0.6) is 0 Å². The second-order valence-electron chi connectivity index (χ2n) is 4.47. The third-order valence-corrected chi connectivity index (χ3v) is 3.76. The predicted octanol–water partition coefficient (Wildman–Crippen LogP) is 2.58. The summed E-state index contributed by atoms with van der Waals surface area (Å²) in [5.74, 6) is -0.811. The maximum atomic E-state index is 11.6. The Hall–Kier alpha value is -1.69. The number of carboxylic acids is 1. The molecule has 3 N–H and O–H groups in total. The van der Waals surface area contributed by atoms with E-state index in [1.54, 1.807) is 23.9 Å². The van der Waals surface area contributed by atoms with Crippen molar-refractivity contribution in [3.05, 3.63) is 29.8 Å². The van der Waals surface area contributed by atoms with Gasteiger partial charge in [-0.05, 0) is 30.4 Å². The van der Waals surface area contributed by atoms with Crippen molar-refractivity contribution in [3.63, 3.8) is 0 Å². The fourth-order valence-electron chi connectivity index (χ4n) is 1.50. The van der Waals surface area contributed by atoms with Gasteiger partial charge in [0.05, 0.1) is 0 Å². The van der Waals surface area contributed by atoms with Crippen molar-refractivity contribution in [2.24, 2.45) is 0 Å². The summed E-state index contributed by atoms with van der Waals surface area (Å²) in [7, 11) is 0. The molecule has 0 radical (unpaired) electrons. The van der Waals surface area contributed by atoms with Gasteiger partial charge >= 0.3 is 12.0 Å². The largest absolute Gasteiger partial charge is 0.481 e. The third-order valence-electron chi connectivity index (χ3n) is 2.79. The molecule has 1 atom stereocenters. The van der Waals surface area contributed by atoms with E-state index in [1.807, 2.05) is 25.3 Å². The molecule has 0 aliphatic carbocycles. The lowest BCUT2D eigenvalue weighted by Gasteiger charge is -2.11. The van der Waals surface area contributed by atoms with Gasteiger partial charge in [0.25, 0.3) is 0 Å². The molecule has 2 amide bonds. The van der Waals surface area contributed by atoms with Crippen LogP contribution in [0, 0.1) is 0 Å². The van der Waals surface area contributed by atoms with Crippen LogP contribution in [-0.4, -0.2) is 35.2 Å². The summed E-state index contributed by atoms with van der Waals surface area (Å²) in [6.45, 7) is 2.66. The Bertz CT molecular complexity index is 448. The van der Waals surface area contributed by atoms with Gasteiger partial charge in [0, 0.05) is 23.9 Å². The van der Waals surface area contributed by atoms with E-state index in [1.165, 1.54) is 0 Å². The fraction of sp³-hybridized carbons (Fsp3) is 0.429. The van der Waals surface area contributed by atoms with E-state index in [9.17, 15) is 9.59 Å². The molecule has 5 nitrogen and oxygen atoms in total. The molecule has 0 aromatic heterocycles. The van der Waals surface area contributed by atoms with Crippen LogP contribution >= 0.6 is 11.8 Å². The predicted molar refractivity (Wildman–Crippen MR) is 82.4 cm³/mol. The fourth-order valence-corrected chi connectivity index (χ4v) is 1.75. The first kappa shape index (κ1) is 16.4. The quantitative estimate of drug-likeness (QED) is 0.722. The summed E-state index contributed by atoms with van der Waals surface area (Å²) in [6.07, 6.45) is 2.60. The maximum absolute atomic E-state index is 11.6. The highest BCUT2D eigenvalue weighted by Crippen LogP contribution is 2.11. The number of urea groups is 1. The first-order chi connectivity index (χ1) is 9.51. The Balaban J connectivity index is 2.40. The zero-order valence-corrected chi connectivity index (χ0v) is 12.5. The molecule has 0 bridgehead atoms. The summed E-state index contributed by atoms with van der Waals surface area (Å²) in [4.78, 5) is 22.1. The van der Waals surface area contributed by atoms with Crippen LogP contribution in [0.15, 0.2) is 24.3 Å². The van der Waals surface area contributed by atoms with E-state index in [0.717, 1.165) is 5.56 Å². The summed E-state index contributed by atoms with van der Waals surface area (Å²) < 4.78 is 0. The van der Waals surface area contributed by atoms with Gasteiger partial charge in [-0.3, -0.25) is 4.79 Å². The number of carboxylic acid groups (broad SMARTS) is 1. The zero-order valence-electron chi connectivity index (χ0n) is 11.7. The Morgan fingerprint density at radius 1 is 1.30 bits per heavy atom. The van der Waals surface area contributed by atoms with Gasteiger partial charge in [-0.2, -0.15) is 11.8 Å². The monoisotopic (exact) mass is 296 g/mol. The average Bonchev–Trinajstić information content (AvgIpc) is 2.44. The molecular formula is C14H20N2O3S. The third kappa shape index (κ3) is 6.47. The minimum atomic E-state index is -0.811. The number of carbonyl (C=O) groups is 2. The van der Waals surface area contributed by atoms with Gasteiger partial charge in [-0.1, -0.05) is 19.1 Å². The first-order valence-corrected chi connectivity index (χ1v) is 7.68. The molecule has 0 aliphatic rings. The highest BCUT2D eigenvalue weighted by atomic mass is 32.2. The molecule has 0 saturated heterocycles. The van der Waals surface area contributed by atoms with Gasteiger partial charge < -0.3 is 15.7 Å². The number of hydrogen-bond donors (Lipinski definition) is 3. The van der Waals surface area contributed by atoms with Gasteiger partial charge in [-0.25, -0.2) is 4.79 Å². The van der Waals surface area contributed by atoms with Crippen LogP contribution in [0.2, 0.25) is 0 Å². The van der Waals surface area contributed by atoms with E-state index >= 15 is 0 Å². The minimum Gasteiger partial charge on any atom is -0.481 e. The minimum absolute atomic E-state index is 0.111. The lowest BCUT2D eigenvalue weighted by Crippen LogP contribution is -2.33. The molecule has 1 aromatic carbocycles. The van der Waals surface area contributed by atoms with Gasteiger partial charge in [-0.15, -0.1) is 0 Å². The molecule has 0 fully saturated rings. The summed E-state index contributed by atoms with van der Waals surface area (Å²) in [5.41, 5.74) is 1.63. The number of nitrogens with one attached hydrogen (secondary N) is 2. The first-order valence-electron chi connectivity index (χ1n) is 6.39. The molecule has 6 heteroatoms. The second kappa shape index (κ2) is 8.47. The average molecular weight is 296 g/mol. The summed E-state index contributed by atoms with van der Waals surface area (Å²) in [6, 6.07) is 6.96. The Morgan fingerprint density at radius 3 is 2.50 bits per heavy atom. The number of thioether (sulfide) groups is 1. The Kier molecular flexibility index (Phi) is 6.93. The molecule has 20 heavy (non-hydrogen) atoms. The summed E-state index contributed by atoms with van der Waals surface area (Å²) >= 11 is 1.69. The Morgan fingerprint density at radius 2 is 1.95 bits per heavy atom. The van der Waals surface area contributed by atoms with Gasteiger partial charge in [0.1, 0.15) is 0 Å². The number of carbonyl (C=O) groups excluding carboxylic acids is 1. The van der Waals surface area contributed by atoms with Crippen LogP contribution < -0.4 is 10.6 Å². The number of anilines is 1. The van der Waals surface area contributed by atoms with E-state index in [4.69, 9.17) is 5.11 Å². The van der Waals surface area contributed by atoms with Crippen molar-refractivity contribution < 1.29 is 14.7 Å². The maximum Gasteiger partial charge on any atom is 0.319 e. The molecular weight excluding hydrogens is 276 g/mol. The van der Waals surface area contributed by atoms with Gasteiger partial charge in [0.2, 0.25) is 0 Å². The van der Waals surface area contributed by atoms with Gasteiger partial charge in [0.15, 0.2) is 0 Å². The van der Waals surface area contributed by atoms with Crippen LogP contribution in [0.25, 0.3) is 0 Å². The van der Waals surface area contributed by atoms with E-state index in [0.29, 0.717) is 23.9 Å². The number of amides is 2. The molecule has 0 saturated carbocycles. The van der Waals surface area contributed by atoms with Crippen LogP contribution in [0.4, 0.5) is 10.5 Å². The van der Waals surface area contributed by atoms with Crippen molar-refractivity contribution in [3.8, 4) is 0 Å². The number of benzene rings is 1. The molecule has 1 aromatic rings. The molecule has 1 rings (SSSR count). The zero-order chi connectivity index (χ0) is 15.0. The lowest BCUT2D eigenvalue weighted by molar-refractivity contribution is -0.136. The standard InChI is InChI=1S/C14H20N2O3S/c1-10(20-2)9-15-14(19)16-12-6-3-11(4-7-12)5-8-13(17)18/h3-4,6-7,10H,5,8-9H2,1-2H3,(H,17,18)(H2,15,16,19). The van der Waals surface area contributed by atoms with Crippen molar-refractivity contribution in [2.45, 2.75) is 25.0 Å². The summed E-state index contributed by atoms with van der Waals surface area (Å²) in [5, 5.41) is 14.5. The molecule has 0 spiro atoms. The van der Waals surface area contributed by atoms with E-state index in [2.05, 4.69) is 10.6 Å². The number of rotatable bonds is 7. The normalized spacial score (nSPS) is 11.7. The van der Waals surface area contributed by atoms with Crippen molar-refractivity contribution in [1.29, 1.82) is 0 Å². The molecule has 0 aliphatic heterocycles. The van der Waals surface area contributed by atoms with Crippen LogP contribution in [-0.2, 0) is 11.2 Å². The Labute approximate surface area is 123 Å². The van der Waals surface area contributed by atoms with Crippen molar-refractivity contribution in [2.75, 3.05) is 18.1 Å². The topological polar surface area (TPSA) is 78.4 Å². The number of aliphatic carboxylic acids is 1. The van der Waals surface area contributed by atoms with E-state index < -0.39 is 5.97 Å². The smallest absolute Gasteiger partial charge is 0.319 e. The molecule has 0 heterocycles. The van der Waals surface area contributed by atoms with E-state index in [-0.39, 0.29) is 12.5 Å². The van der Waals surface area contributed by atoms with Crippen molar-refractivity contribution >= 4 is 29.4 Å². The number of aryl methyl sites for hydroxylation is 1. The van der Waals surface area contributed by atoms with Crippen LogP contribution in [0.1, 0.15) is 18.9 Å². The highest BCUT2D eigenvalue weighted by molar-refractivity contribution is 7.99. The number of hydrogen-bond acceptors (Lipinski definition) is 3. The second-order valence-corrected chi connectivity index (χ2v) is 5.75. The molecule has 1 unspecified atom stereocenters. The molecule has 110 valence electrons. The van der Waals surface area contributed by atoms with Crippen LogP contribution in [0.3, 0.4) is 0 Å². The SMILES string of the molecule is CSC(C)CNC(=O)Nc1ccc(CCC(=O)O)cc1. The lowest BCUT2D eigenvalue weighted by atomic mass is 10.1. The highest BCUT2D eigenvalue weighted by Gasteiger charge is 2.05.